The van der Waals surface area contributed by atoms with Gasteiger partial charge in [0.25, 0.3) is 0 Å². The fourth-order valence-electron chi connectivity index (χ4n) is 1.70. The fraction of sp³-hybridized carbons (Fsp3) is 0.692. The Kier molecular flexibility index (Phi) is 6.37. The molecule has 0 bridgehead atoms. The van der Waals surface area contributed by atoms with Crippen molar-refractivity contribution >= 4 is 6.09 Å². The lowest BCUT2D eigenvalue weighted by Gasteiger charge is -2.17. The average molecular weight is 238 g/mol. The third-order valence-electron chi connectivity index (χ3n) is 2.74. The van der Waals surface area contributed by atoms with E-state index in [2.05, 4.69) is 18.8 Å². The zero-order valence-electron chi connectivity index (χ0n) is 10.8. The zero-order valence-corrected chi connectivity index (χ0v) is 10.8. The molecule has 1 heterocycles. The number of imidazole rings is 1. The maximum atomic E-state index is 11.7. The van der Waals surface area contributed by atoms with Gasteiger partial charge in [-0.15, -0.1) is 0 Å². The topological polar surface area (TPSA) is 44.1 Å². The molecule has 0 atom stereocenters. The lowest BCUT2D eigenvalue weighted by Crippen LogP contribution is -2.21. The first-order valence-electron chi connectivity index (χ1n) is 6.46. The number of carbonyl (C=O) groups excluding carboxylic acids is 1. The second-order valence-electron chi connectivity index (χ2n) is 4.26. The third-order valence-corrected chi connectivity index (χ3v) is 2.74. The van der Waals surface area contributed by atoms with Crippen LogP contribution in [0.4, 0.5) is 4.79 Å². The summed E-state index contributed by atoms with van der Waals surface area (Å²) in [5.74, 6) is 0. The van der Waals surface area contributed by atoms with Crippen LogP contribution in [0.3, 0.4) is 0 Å². The SMILES string of the molecule is CCCCC(CCCC)OC(=O)n1ccnc1. The van der Waals surface area contributed by atoms with E-state index in [0.29, 0.717) is 0 Å². The molecule has 0 amide bonds. The number of nitrogens with zero attached hydrogens (tertiary/aromatic N) is 2. The van der Waals surface area contributed by atoms with E-state index in [-0.39, 0.29) is 12.2 Å². The number of aromatic nitrogens is 2. The first kappa shape index (κ1) is 13.7. The summed E-state index contributed by atoms with van der Waals surface area (Å²) in [6.45, 7) is 4.29. The van der Waals surface area contributed by atoms with E-state index >= 15 is 0 Å². The van der Waals surface area contributed by atoms with Crippen LogP contribution in [-0.2, 0) is 4.74 Å². The van der Waals surface area contributed by atoms with Crippen LogP contribution in [0, 0.1) is 0 Å². The summed E-state index contributed by atoms with van der Waals surface area (Å²) in [4.78, 5) is 15.6. The molecule has 1 rings (SSSR count). The van der Waals surface area contributed by atoms with E-state index in [4.69, 9.17) is 4.74 Å². The van der Waals surface area contributed by atoms with E-state index in [9.17, 15) is 4.79 Å². The number of ether oxygens (including phenoxy) is 1. The average Bonchev–Trinajstić information content (AvgIpc) is 2.86. The maximum Gasteiger partial charge on any atom is 0.419 e. The van der Waals surface area contributed by atoms with Gasteiger partial charge in [0.05, 0.1) is 0 Å². The Morgan fingerprint density at radius 2 is 1.94 bits per heavy atom. The molecule has 0 unspecified atom stereocenters. The molecule has 0 spiro atoms. The highest BCUT2D eigenvalue weighted by Crippen LogP contribution is 2.13. The Morgan fingerprint density at radius 1 is 1.29 bits per heavy atom. The highest BCUT2D eigenvalue weighted by molar-refractivity contribution is 5.70. The van der Waals surface area contributed by atoms with Crippen LogP contribution in [0.5, 0.6) is 0 Å². The lowest BCUT2D eigenvalue weighted by molar-refractivity contribution is 0.0859. The second kappa shape index (κ2) is 7.87. The maximum absolute atomic E-state index is 11.7. The van der Waals surface area contributed by atoms with E-state index < -0.39 is 0 Å². The molecule has 1 aromatic heterocycles. The van der Waals surface area contributed by atoms with Gasteiger partial charge in [-0.3, -0.25) is 0 Å². The van der Waals surface area contributed by atoms with Crippen molar-refractivity contribution in [1.82, 2.24) is 9.55 Å². The molecule has 0 aliphatic rings. The van der Waals surface area contributed by atoms with E-state index in [1.54, 1.807) is 12.4 Å². The summed E-state index contributed by atoms with van der Waals surface area (Å²) < 4.78 is 6.86. The van der Waals surface area contributed by atoms with Gasteiger partial charge < -0.3 is 4.74 Å². The molecule has 0 fully saturated rings. The highest BCUT2D eigenvalue weighted by atomic mass is 16.6. The Balaban J connectivity index is 2.43. The van der Waals surface area contributed by atoms with Crippen LogP contribution in [0.1, 0.15) is 52.4 Å². The van der Waals surface area contributed by atoms with Gasteiger partial charge >= 0.3 is 6.09 Å². The minimum Gasteiger partial charge on any atom is -0.446 e. The minimum absolute atomic E-state index is 0.0461. The van der Waals surface area contributed by atoms with Gasteiger partial charge in [0.2, 0.25) is 0 Å². The van der Waals surface area contributed by atoms with Crippen molar-refractivity contribution in [2.24, 2.45) is 0 Å². The number of unbranched alkanes of at least 4 members (excludes halogenated alkanes) is 2. The molecule has 1 aromatic rings. The molecule has 0 radical (unpaired) electrons. The Morgan fingerprint density at radius 3 is 2.41 bits per heavy atom. The van der Waals surface area contributed by atoms with Gasteiger partial charge in [-0.1, -0.05) is 39.5 Å². The Bertz CT molecular complexity index is 301. The molecular weight excluding hydrogens is 216 g/mol. The molecule has 0 aliphatic carbocycles. The summed E-state index contributed by atoms with van der Waals surface area (Å²) in [6.07, 6.45) is 10.8. The van der Waals surface area contributed by atoms with Gasteiger partial charge in [0.15, 0.2) is 0 Å². The van der Waals surface area contributed by atoms with Crippen LogP contribution in [0.15, 0.2) is 18.7 Å². The monoisotopic (exact) mass is 238 g/mol. The highest BCUT2D eigenvalue weighted by Gasteiger charge is 2.14. The smallest absolute Gasteiger partial charge is 0.419 e. The van der Waals surface area contributed by atoms with Crippen molar-refractivity contribution in [1.29, 1.82) is 0 Å². The number of rotatable bonds is 7. The molecule has 0 aliphatic heterocycles. The van der Waals surface area contributed by atoms with Crippen molar-refractivity contribution in [3.05, 3.63) is 18.7 Å². The van der Waals surface area contributed by atoms with Crippen LogP contribution in [0.25, 0.3) is 0 Å². The van der Waals surface area contributed by atoms with Crippen molar-refractivity contribution in [2.75, 3.05) is 0 Å². The molecule has 96 valence electrons. The summed E-state index contributed by atoms with van der Waals surface area (Å²) in [5.41, 5.74) is 0. The third kappa shape index (κ3) is 5.02. The van der Waals surface area contributed by atoms with E-state index in [0.717, 1.165) is 38.5 Å². The van der Waals surface area contributed by atoms with E-state index in [1.807, 2.05) is 0 Å². The molecule has 0 saturated carbocycles. The van der Waals surface area contributed by atoms with Gasteiger partial charge in [-0.25, -0.2) is 14.3 Å². The van der Waals surface area contributed by atoms with Crippen LogP contribution in [0.2, 0.25) is 0 Å². The van der Waals surface area contributed by atoms with Crippen molar-refractivity contribution < 1.29 is 9.53 Å². The first-order valence-corrected chi connectivity index (χ1v) is 6.46. The molecule has 17 heavy (non-hydrogen) atoms. The molecule has 0 aromatic carbocycles. The van der Waals surface area contributed by atoms with Gasteiger partial charge in [0, 0.05) is 12.4 Å². The molecule has 4 heteroatoms. The predicted octanol–water partition coefficient (Wildman–Crippen LogP) is 3.62. The van der Waals surface area contributed by atoms with Crippen LogP contribution >= 0.6 is 0 Å². The Labute approximate surface area is 103 Å². The van der Waals surface area contributed by atoms with Crippen LogP contribution in [-0.4, -0.2) is 21.7 Å². The largest absolute Gasteiger partial charge is 0.446 e. The summed E-state index contributed by atoms with van der Waals surface area (Å²) >= 11 is 0. The molecular formula is C13H22N2O2. The number of hydrogen-bond donors (Lipinski definition) is 0. The second-order valence-corrected chi connectivity index (χ2v) is 4.26. The lowest BCUT2D eigenvalue weighted by atomic mass is 10.1. The van der Waals surface area contributed by atoms with E-state index in [1.165, 1.54) is 10.9 Å². The van der Waals surface area contributed by atoms with Crippen molar-refractivity contribution in [3.63, 3.8) is 0 Å². The summed E-state index contributed by atoms with van der Waals surface area (Å²) in [7, 11) is 0. The molecule has 0 N–H and O–H groups in total. The summed E-state index contributed by atoms with van der Waals surface area (Å²) in [6, 6.07) is 0. The van der Waals surface area contributed by atoms with Gasteiger partial charge in [-0.05, 0) is 12.8 Å². The molecule has 4 nitrogen and oxygen atoms in total. The summed E-state index contributed by atoms with van der Waals surface area (Å²) in [5, 5.41) is 0. The van der Waals surface area contributed by atoms with Crippen molar-refractivity contribution in [3.8, 4) is 0 Å². The standard InChI is InChI=1S/C13H22N2O2/c1-3-5-7-12(8-6-4-2)17-13(16)15-10-9-14-11-15/h9-12H,3-8H2,1-2H3. The zero-order chi connectivity index (χ0) is 12.5. The van der Waals surface area contributed by atoms with Crippen LogP contribution < -0.4 is 0 Å². The molecule has 0 saturated heterocycles. The van der Waals surface area contributed by atoms with Crippen molar-refractivity contribution in [2.45, 2.75) is 58.5 Å². The number of carbonyl (C=O) groups is 1. The predicted molar refractivity (Wildman–Crippen MR) is 66.9 cm³/mol. The quantitative estimate of drug-likeness (QED) is 0.728. The fourth-order valence-corrected chi connectivity index (χ4v) is 1.70. The number of hydrogen-bond acceptors (Lipinski definition) is 3. The van der Waals surface area contributed by atoms with Gasteiger partial charge in [0.1, 0.15) is 12.4 Å². The Hall–Kier alpha value is -1.32. The van der Waals surface area contributed by atoms with Gasteiger partial charge in [-0.2, -0.15) is 0 Å². The normalized spacial score (nSPS) is 10.8. The first-order chi connectivity index (χ1) is 8.27. The minimum atomic E-state index is -0.320.